The van der Waals surface area contributed by atoms with Gasteiger partial charge in [-0.25, -0.2) is 4.57 Å². The number of hydrogen-bond acceptors (Lipinski definition) is 3. The molecule has 0 spiro atoms. The second kappa shape index (κ2) is 6.80. The normalized spacial score (nSPS) is 14.9. The summed E-state index contributed by atoms with van der Waals surface area (Å²) in [5.41, 5.74) is 2.90. The van der Waals surface area contributed by atoms with Gasteiger partial charge in [0.25, 0.3) is 5.82 Å². The number of aromatic nitrogens is 1. The average molecular weight is 367 g/mol. The fraction of sp³-hybridized carbons (Fsp3) is 0.150. The van der Waals surface area contributed by atoms with Gasteiger partial charge in [0.2, 0.25) is 0 Å². The van der Waals surface area contributed by atoms with Crippen molar-refractivity contribution >= 4 is 15.8 Å². The number of sulfonamides is 1. The third-order valence-corrected chi connectivity index (χ3v) is 5.56. The van der Waals surface area contributed by atoms with Crippen molar-refractivity contribution in [1.82, 2.24) is 0 Å². The van der Waals surface area contributed by atoms with Gasteiger partial charge < -0.3 is 4.74 Å². The van der Waals surface area contributed by atoms with Crippen molar-refractivity contribution in [3.05, 3.63) is 78.5 Å². The molecule has 3 aromatic rings. The van der Waals surface area contributed by atoms with Gasteiger partial charge in [-0.1, -0.05) is 42.5 Å². The summed E-state index contributed by atoms with van der Waals surface area (Å²) >= 11 is 0. The maximum absolute atomic E-state index is 11.9. The molecule has 26 heavy (non-hydrogen) atoms. The fourth-order valence-corrected chi connectivity index (χ4v) is 4.03. The zero-order valence-electron chi connectivity index (χ0n) is 14.1. The van der Waals surface area contributed by atoms with E-state index in [1.54, 1.807) is 0 Å². The lowest BCUT2D eigenvalue weighted by Gasteiger charge is -2.16. The van der Waals surface area contributed by atoms with E-state index in [1.807, 2.05) is 77.5 Å². The van der Waals surface area contributed by atoms with Crippen molar-refractivity contribution in [2.75, 3.05) is 10.5 Å². The zero-order chi connectivity index (χ0) is 18.0. The number of fused-ring (bicyclic) bond motifs is 1. The second-order valence-electron chi connectivity index (χ2n) is 6.18. The minimum Gasteiger partial charge on any atom is -0.489 e. The van der Waals surface area contributed by atoms with Gasteiger partial charge in [-0.3, -0.25) is 0 Å². The number of hydrogen-bond donors (Lipinski definition) is 1. The molecule has 1 aliphatic heterocycles. The molecule has 2 heterocycles. The predicted molar refractivity (Wildman–Crippen MR) is 100 cm³/mol. The summed E-state index contributed by atoms with van der Waals surface area (Å²) in [5.74, 6) is 1.48. The van der Waals surface area contributed by atoms with Gasteiger partial charge in [-0.05, 0) is 35.4 Å². The van der Waals surface area contributed by atoms with Gasteiger partial charge in [0.1, 0.15) is 24.7 Å². The third-order valence-electron chi connectivity index (χ3n) is 4.34. The van der Waals surface area contributed by atoms with E-state index in [4.69, 9.17) is 4.74 Å². The molecular formula is C20H19N2O3S+. The highest BCUT2D eigenvalue weighted by Gasteiger charge is 2.29. The van der Waals surface area contributed by atoms with Crippen LogP contribution in [-0.2, 0) is 23.2 Å². The van der Waals surface area contributed by atoms with Crippen LogP contribution in [0.1, 0.15) is 5.56 Å². The van der Waals surface area contributed by atoms with Gasteiger partial charge in [-0.2, -0.15) is 13.1 Å². The lowest BCUT2D eigenvalue weighted by Crippen LogP contribution is -2.47. The summed E-state index contributed by atoms with van der Waals surface area (Å²) in [4.78, 5) is 0. The van der Waals surface area contributed by atoms with Gasteiger partial charge >= 0.3 is 10.0 Å². The summed E-state index contributed by atoms with van der Waals surface area (Å²) in [6.07, 6.45) is 1.89. The molecule has 0 amide bonds. The van der Waals surface area contributed by atoms with E-state index in [0.717, 1.165) is 22.4 Å². The third kappa shape index (κ3) is 3.55. The smallest absolute Gasteiger partial charge is 0.302 e. The number of nitrogens with one attached hydrogen (secondary N) is 1. The van der Waals surface area contributed by atoms with E-state index in [-0.39, 0.29) is 5.75 Å². The van der Waals surface area contributed by atoms with Crippen molar-refractivity contribution < 1.29 is 17.7 Å². The van der Waals surface area contributed by atoms with Crippen LogP contribution in [-0.4, -0.2) is 14.2 Å². The molecule has 0 aliphatic carbocycles. The van der Waals surface area contributed by atoms with Gasteiger partial charge in [0.05, 0.1) is 11.8 Å². The molecule has 0 atom stereocenters. The summed E-state index contributed by atoms with van der Waals surface area (Å²) < 4.78 is 34.3. The summed E-state index contributed by atoms with van der Waals surface area (Å²) in [6, 6.07) is 21.5. The van der Waals surface area contributed by atoms with Crippen LogP contribution in [0.25, 0.3) is 11.1 Å². The SMILES string of the molecule is O=S1(=O)CC[n+]2cccc(-c3ccc(OCc4ccccc4)cc3)c2N1. The van der Waals surface area contributed by atoms with Crippen LogP contribution in [0.3, 0.4) is 0 Å². The Hall–Kier alpha value is -2.86. The highest BCUT2D eigenvalue weighted by molar-refractivity contribution is 7.92. The van der Waals surface area contributed by atoms with Gasteiger partial charge in [0.15, 0.2) is 0 Å². The molecular weight excluding hydrogens is 348 g/mol. The zero-order valence-corrected chi connectivity index (χ0v) is 14.9. The Morgan fingerprint density at radius 2 is 1.73 bits per heavy atom. The first-order valence-electron chi connectivity index (χ1n) is 8.41. The Morgan fingerprint density at radius 1 is 0.962 bits per heavy atom. The summed E-state index contributed by atoms with van der Waals surface area (Å²) in [5, 5.41) is 0. The van der Waals surface area contributed by atoms with E-state index in [9.17, 15) is 8.42 Å². The van der Waals surface area contributed by atoms with Crippen molar-refractivity contribution in [2.45, 2.75) is 13.2 Å². The monoisotopic (exact) mass is 367 g/mol. The molecule has 132 valence electrons. The van der Waals surface area contributed by atoms with Crippen LogP contribution in [0, 0.1) is 0 Å². The Kier molecular flexibility index (Phi) is 4.34. The molecule has 0 radical (unpaired) electrons. The van der Waals surface area contributed by atoms with Crippen LogP contribution in [0.2, 0.25) is 0 Å². The summed E-state index contributed by atoms with van der Waals surface area (Å²) in [6.45, 7) is 0.966. The molecule has 1 aromatic heterocycles. The molecule has 0 saturated heterocycles. The van der Waals surface area contributed by atoms with Crippen LogP contribution >= 0.6 is 0 Å². The molecule has 1 N–H and O–H groups in total. The number of pyridine rings is 1. The van der Waals surface area contributed by atoms with Crippen molar-refractivity contribution in [3.8, 4) is 16.9 Å². The van der Waals surface area contributed by atoms with Crippen LogP contribution in [0.4, 0.5) is 5.82 Å². The molecule has 6 heteroatoms. The van der Waals surface area contributed by atoms with E-state index >= 15 is 0 Å². The Labute approximate surface area is 152 Å². The first-order valence-corrected chi connectivity index (χ1v) is 10.1. The Bertz CT molecular complexity index is 1020. The topological polar surface area (TPSA) is 59.3 Å². The van der Waals surface area contributed by atoms with Crippen LogP contribution in [0.5, 0.6) is 5.75 Å². The second-order valence-corrected chi connectivity index (χ2v) is 8.03. The number of aryl methyl sites for hydroxylation is 1. The van der Waals surface area contributed by atoms with E-state index in [0.29, 0.717) is 19.0 Å². The number of anilines is 1. The Morgan fingerprint density at radius 3 is 2.50 bits per heavy atom. The molecule has 5 nitrogen and oxygen atoms in total. The Balaban J connectivity index is 1.56. The first kappa shape index (κ1) is 16.6. The number of nitrogens with zero attached hydrogens (tertiary/aromatic N) is 1. The standard InChI is InChI=1S/C20H18N2O3S/c23-26(24)14-13-22-12-4-7-19(20(22)21-26)17-8-10-18(11-9-17)25-15-16-5-2-1-3-6-16/h1-12H,13-15H2/p+1. The molecule has 0 unspecified atom stereocenters. The lowest BCUT2D eigenvalue weighted by atomic mass is 10.1. The average Bonchev–Trinajstić information content (AvgIpc) is 2.66. The number of ether oxygens (including phenoxy) is 1. The highest BCUT2D eigenvalue weighted by Crippen LogP contribution is 2.28. The van der Waals surface area contributed by atoms with Crippen LogP contribution < -0.4 is 14.0 Å². The number of benzene rings is 2. The fourth-order valence-electron chi connectivity index (χ4n) is 2.97. The largest absolute Gasteiger partial charge is 0.489 e. The maximum Gasteiger partial charge on any atom is 0.302 e. The molecule has 2 aromatic carbocycles. The lowest BCUT2D eigenvalue weighted by molar-refractivity contribution is -0.679. The summed E-state index contributed by atoms with van der Waals surface area (Å²) in [7, 11) is -3.27. The minimum absolute atomic E-state index is 0.0976. The first-order chi connectivity index (χ1) is 12.6. The van der Waals surface area contributed by atoms with Crippen molar-refractivity contribution in [1.29, 1.82) is 0 Å². The highest BCUT2D eigenvalue weighted by atomic mass is 32.2. The molecule has 0 saturated carbocycles. The maximum atomic E-state index is 11.9. The van der Waals surface area contributed by atoms with Crippen molar-refractivity contribution in [3.63, 3.8) is 0 Å². The molecule has 1 aliphatic rings. The molecule has 0 fully saturated rings. The quantitative estimate of drug-likeness (QED) is 0.721. The van der Waals surface area contributed by atoms with E-state index in [2.05, 4.69) is 4.72 Å². The molecule has 0 bridgehead atoms. The van der Waals surface area contributed by atoms with Crippen LogP contribution in [0.15, 0.2) is 72.9 Å². The number of rotatable bonds is 4. The minimum atomic E-state index is -3.27. The van der Waals surface area contributed by atoms with E-state index < -0.39 is 10.0 Å². The van der Waals surface area contributed by atoms with E-state index in [1.165, 1.54) is 0 Å². The predicted octanol–water partition coefficient (Wildman–Crippen LogP) is 2.98. The van der Waals surface area contributed by atoms with Gasteiger partial charge in [-0.15, -0.1) is 0 Å². The van der Waals surface area contributed by atoms with Crippen molar-refractivity contribution in [2.24, 2.45) is 0 Å². The van der Waals surface area contributed by atoms with Gasteiger partial charge in [0, 0.05) is 0 Å². The molecule has 4 rings (SSSR count).